The van der Waals surface area contributed by atoms with Crippen LogP contribution in [0.4, 0.5) is 18.0 Å². The number of likely N-dealkylation sites (N-methyl/N-ethyl adjacent to an activating group) is 1. The first-order valence-corrected chi connectivity index (χ1v) is 6.51. The second-order valence-corrected chi connectivity index (χ2v) is 4.64. The van der Waals surface area contributed by atoms with Crippen LogP contribution in [0.1, 0.15) is 5.56 Å². The maximum atomic E-state index is 12.0. The predicted octanol–water partition coefficient (Wildman–Crippen LogP) is 2.29. The van der Waals surface area contributed by atoms with E-state index in [0.29, 0.717) is 10.5 Å². The molecule has 0 saturated carbocycles. The topological polar surface area (TPSA) is 76.1 Å². The fraction of sp³-hybridized carbons (Fsp3) is 0.429. The molecule has 0 bridgehead atoms. The predicted molar refractivity (Wildman–Crippen MR) is 72.7 cm³/mol. The van der Waals surface area contributed by atoms with Crippen LogP contribution in [-0.2, 0) is 20.9 Å². The van der Waals surface area contributed by atoms with Crippen LogP contribution in [0.25, 0.3) is 0 Å². The van der Waals surface area contributed by atoms with E-state index in [1.165, 1.54) is 0 Å². The zero-order chi connectivity index (χ0) is 17.5. The highest BCUT2D eigenvalue weighted by atomic mass is 19.4. The number of benzene rings is 1. The normalized spacial score (nSPS) is 12.5. The van der Waals surface area contributed by atoms with Gasteiger partial charge in [-0.15, -0.1) is 0 Å². The first-order chi connectivity index (χ1) is 10.7. The van der Waals surface area contributed by atoms with Crippen molar-refractivity contribution in [1.29, 1.82) is 0 Å². The highest BCUT2D eigenvalue weighted by molar-refractivity contribution is 5.80. The molecule has 23 heavy (non-hydrogen) atoms. The third-order valence-corrected chi connectivity index (χ3v) is 2.79. The minimum absolute atomic E-state index is 0.0836. The molecule has 1 amide bonds. The summed E-state index contributed by atoms with van der Waals surface area (Å²) in [7, 11) is 1.11. The van der Waals surface area contributed by atoms with Crippen LogP contribution >= 0.6 is 0 Å². The summed E-state index contributed by atoms with van der Waals surface area (Å²) in [6.45, 7) is -2.48. The van der Waals surface area contributed by atoms with E-state index in [-0.39, 0.29) is 6.61 Å². The van der Waals surface area contributed by atoms with Gasteiger partial charge in [-0.25, -0.2) is 9.59 Å². The number of halogens is 3. The molecule has 0 aliphatic carbocycles. The van der Waals surface area contributed by atoms with Crippen molar-refractivity contribution in [1.82, 2.24) is 4.90 Å². The average Bonchev–Trinajstić information content (AvgIpc) is 2.48. The second kappa shape index (κ2) is 8.37. The van der Waals surface area contributed by atoms with Gasteiger partial charge in [0, 0.05) is 7.05 Å². The summed E-state index contributed by atoms with van der Waals surface area (Å²) in [6, 6.07) is 7.06. The second-order valence-electron chi connectivity index (χ2n) is 4.64. The fourth-order valence-corrected chi connectivity index (χ4v) is 1.58. The van der Waals surface area contributed by atoms with Crippen molar-refractivity contribution in [2.24, 2.45) is 0 Å². The SMILES string of the molecule is CN(C(=O)OCc1ccccc1)C(COCC(F)(F)F)C(=O)O. The summed E-state index contributed by atoms with van der Waals surface area (Å²) in [6.07, 6.45) is -5.55. The first kappa shape index (κ1) is 18.8. The van der Waals surface area contributed by atoms with Gasteiger partial charge in [0.25, 0.3) is 0 Å². The van der Waals surface area contributed by atoms with Crippen LogP contribution in [0.3, 0.4) is 0 Å². The van der Waals surface area contributed by atoms with E-state index in [1.54, 1.807) is 30.3 Å². The molecule has 1 rings (SSSR count). The molecule has 0 fully saturated rings. The number of hydrogen-bond acceptors (Lipinski definition) is 4. The highest BCUT2D eigenvalue weighted by Gasteiger charge is 2.32. The van der Waals surface area contributed by atoms with Gasteiger partial charge in [0.1, 0.15) is 13.2 Å². The van der Waals surface area contributed by atoms with Crippen molar-refractivity contribution in [3.05, 3.63) is 35.9 Å². The monoisotopic (exact) mass is 335 g/mol. The molecule has 6 nitrogen and oxygen atoms in total. The van der Waals surface area contributed by atoms with E-state index in [2.05, 4.69) is 4.74 Å². The fourth-order valence-electron chi connectivity index (χ4n) is 1.58. The van der Waals surface area contributed by atoms with Crippen molar-refractivity contribution in [2.75, 3.05) is 20.3 Å². The number of alkyl halides is 3. The Bertz CT molecular complexity index is 521. The Kier molecular flexibility index (Phi) is 6.83. The van der Waals surface area contributed by atoms with Crippen molar-refractivity contribution >= 4 is 12.1 Å². The molecule has 0 saturated heterocycles. The van der Waals surface area contributed by atoms with Gasteiger partial charge in [0.15, 0.2) is 6.04 Å². The minimum Gasteiger partial charge on any atom is -0.480 e. The molecule has 0 aliphatic rings. The van der Waals surface area contributed by atoms with E-state index in [4.69, 9.17) is 9.84 Å². The molecular weight excluding hydrogens is 319 g/mol. The number of nitrogens with zero attached hydrogens (tertiary/aromatic N) is 1. The van der Waals surface area contributed by atoms with Crippen LogP contribution < -0.4 is 0 Å². The van der Waals surface area contributed by atoms with Crippen molar-refractivity contribution in [3.63, 3.8) is 0 Å². The Hall–Kier alpha value is -2.29. The summed E-state index contributed by atoms with van der Waals surface area (Å²) < 4.78 is 45.2. The molecule has 1 N–H and O–H groups in total. The van der Waals surface area contributed by atoms with Crippen molar-refractivity contribution in [3.8, 4) is 0 Å². The van der Waals surface area contributed by atoms with Gasteiger partial charge in [-0.05, 0) is 5.56 Å². The molecule has 0 aromatic heterocycles. The Labute approximate surface area is 130 Å². The number of carbonyl (C=O) groups is 2. The number of rotatable bonds is 7. The summed E-state index contributed by atoms with van der Waals surface area (Å²) >= 11 is 0. The van der Waals surface area contributed by atoms with Gasteiger partial charge in [0.05, 0.1) is 6.61 Å². The first-order valence-electron chi connectivity index (χ1n) is 6.51. The van der Waals surface area contributed by atoms with Gasteiger partial charge in [0.2, 0.25) is 0 Å². The Morgan fingerprint density at radius 1 is 1.26 bits per heavy atom. The van der Waals surface area contributed by atoms with Crippen LogP contribution in [0.15, 0.2) is 30.3 Å². The molecule has 1 aromatic carbocycles. The van der Waals surface area contributed by atoms with Gasteiger partial charge in [-0.3, -0.25) is 4.90 Å². The maximum Gasteiger partial charge on any atom is 0.411 e. The summed E-state index contributed by atoms with van der Waals surface area (Å²) in [5.41, 5.74) is 0.689. The third kappa shape index (κ3) is 7.00. The lowest BCUT2D eigenvalue weighted by Gasteiger charge is -2.24. The zero-order valence-electron chi connectivity index (χ0n) is 12.2. The quantitative estimate of drug-likeness (QED) is 0.827. The van der Waals surface area contributed by atoms with Crippen molar-refractivity contribution in [2.45, 2.75) is 18.8 Å². The zero-order valence-corrected chi connectivity index (χ0v) is 12.2. The van der Waals surface area contributed by atoms with E-state index in [0.717, 1.165) is 7.05 Å². The lowest BCUT2D eigenvalue weighted by atomic mass is 10.2. The summed E-state index contributed by atoms with van der Waals surface area (Å²) in [5, 5.41) is 9.00. The molecule has 0 radical (unpaired) electrons. The van der Waals surface area contributed by atoms with E-state index < -0.39 is 37.5 Å². The highest BCUT2D eigenvalue weighted by Crippen LogP contribution is 2.15. The van der Waals surface area contributed by atoms with Crippen LogP contribution in [0, 0.1) is 0 Å². The lowest BCUT2D eigenvalue weighted by Crippen LogP contribution is -2.46. The van der Waals surface area contributed by atoms with Crippen LogP contribution in [0.5, 0.6) is 0 Å². The average molecular weight is 335 g/mol. The number of aliphatic carboxylic acids is 1. The third-order valence-electron chi connectivity index (χ3n) is 2.79. The number of carboxylic acid groups (broad SMARTS) is 1. The molecule has 1 atom stereocenters. The molecule has 1 unspecified atom stereocenters. The van der Waals surface area contributed by atoms with Crippen LogP contribution in [0.2, 0.25) is 0 Å². The van der Waals surface area contributed by atoms with Gasteiger partial charge < -0.3 is 14.6 Å². The molecule has 1 aromatic rings. The summed E-state index contributed by atoms with van der Waals surface area (Å²) in [4.78, 5) is 23.5. The summed E-state index contributed by atoms with van der Waals surface area (Å²) in [5.74, 6) is -1.49. The molecule has 9 heteroatoms. The van der Waals surface area contributed by atoms with E-state index in [9.17, 15) is 22.8 Å². The standard InChI is InChI=1S/C14H16F3NO5/c1-18(11(12(19)20)8-22-9-14(15,16)17)13(21)23-7-10-5-3-2-4-6-10/h2-6,11H,7-9H2,1H3,(H,19,20). The minimum atomic E-state index is -4.57. The molecule has 128 valence electrons. The van der Waals surface area contributed by atoms with Crippen molar-refractivity contribution < 1.29 is 37.3 Å². The lowest BCUT2D eigenvalue weighted by molar-refractivity contribution is -0.179. The maximum absolute atomic E-state index is 12.0. The Morgan fingerprint density at radius 3 is 2.39 bits per heavy atom. The molecule has 0 spiro atoms. The number of carboxylic acids is 1. The van der Waals surface area contributed by atoms with Gasteiger partial charge in [-0.1, -0.05) is 30.3 Å². The van der Waals surface area contributed by atoms with E-state index in [1.807, 2.05) is 0 Å². The molecule has 0 aliphatic heterocycles. The number of carbonyl (C=O) groups excluding carboxylic acids is 1. The Morgan fingerprint density at radius 2 is 1.87 bits per heavy atom. The molecular formula is C14H16F3NO5. The Balaban J connectivity index is 2.53. The van der Waals surface area contributed by atoms with Gasteiger partial charge >= 0.3 is 18.2 Å². The largest absolute Gasteiger partial charge is 0.480 e. The van der Waals surface area contributed by atoms with E-state index >= 15 is 0 Å². The van der Waals surface area contributed by atoms with Gasteiger partial charge in [-0.2, -0.15) is 13.2 Å². The number of amides is 1. The number of hydrogen-bond donors (Lipinski definition) is 1. The number of ether oxygens (including phenoxy) is 2. The van der Waals surface area contributed by atoms with Crippen LogP contribution in [-0.4, -0.2) is 54.5 Å². The smallest absolute Gasteiger partial charge is 0.411 e. The molecule has 0 heterocycles.